The zero-order valence-electron chi connectivity index (χ0n) is 13.0. The van der Waals surface area contributed by atoms with Crippen LogP contribution in [0.4, 0.5) is 0 Å². The molecule has 0 spiro atoms. The predicted octanol–water partition coefficient (Wildman–Crippen LogP) is 2.03. The number of nitrogens with one attached hydrogen (secondary N) is 1. The number of hydrogen-bond acceptors (Lipinski definition) is 5. The highest BCUT2D eigenvalue weighted by atomic mass is 16.7. The lowest BCUT2D eigenvalue weighted by Crippen LogP contribution is -2.28. The second kappa shape index (κ2) is 7.46. The maximum Gasteiger partial charge on any atom is 0.348 e. The number of aliphatic carboxylic acids is 1. The standard InChI is InChI=1S/C17H22N2O4/c20-17(21)16-11-15(19-23-16)13-1-3-14(4-2-13)22-10-7-12-5-8-18-9-6-12/h1-4,12,16,18H,5-11H2,(H,20,21). The predicted molar refractivity (Wildman–Crippen MR) is 85.8 cm³/mol. The van der Waals surface area contributed by atoms with Crippen LogP contribution in [-0.2, 0) is 9.63 Å². The number of carboxylic acids is 1. The van der Waals surface area contributed by atoms with Gasteiger partial charge in [-0.2, -0.15) is 0 Å². The molecule has 1 fully saturated rings. The highest BCUT2D eigenvalue weighted by Crippen LogP contribution is 2.21. The fourth-order valence-electron chi connectivity index (χ4n) is 2.94. The van der Waals surface area contributed by atoms with Crippen molar-refractivity contribution in [3.8, 4) is 5.75 Å². The first-order valence-electron chi connectivity index (χ1n) is 8.12. The van der Waals surface area contributed by atoms with E-state index in [4.69, 9.17) is 14.7 Å². The van der Waals surface area contributed by atoms with Crippen molar-refractivity contribution in [1.29, 1.82) is 0 Å². The third-order valence-corrected chi connectivity index (χ3v) is 4.39. The lowest BCUT2D eigenvalue weighted by Gasteiger charge is -2.22. The number of nitrogens with zero attached hydrogens (tertiary/aromatic N) is 1. The lowest BCUT2D eigenvalue weighted by molar-refractivity contribution is -0.148. The molecule has 1 atom stereocenters. The Morgan fingerprint density at radius 1 is 1.30 bits per heavy atom. The number of benzene rings is 1. The first-order chi connectivity index (χ1) is 11.2. The molecule has 124 valence electrons. The zero-order valence-corrected chi connectivity index (χ0v) is 13.0. The number of hydrogen-bond donors (Lipinski definition) is 2. The summed E-state index contributed by atoms with van der Waals surface area (Å²) >= 11 is 0. The van der Waals surface area contributed by atoms with Gasteiger partial charge in [0.1, 0.15) is 5.75 Å². The molecule has 6 heteroatoms. The summed E-state index contributed by atoms with van der Waals surface area (Å²) in [6.45, 7) is 2.96. The van der Waals surface area contributed by atoms with E-state index < -0.39 is 12.1 Å². The van der Waals surface area contributed by atoms with Gasteiger partial charge in [0.2, 0.25) is 6.10 Å². The summed E-state index contributed by atoms with van der Waals surface area (Å²) in [7, 11) is 0. The molecule has 3 rings (SSSR count). The maximum atomic E-state index is 10.9. The highest BCUT2D eigenvalue weighted by molar-refractivity contribution is 6.03. The van der Waals surface area contributed by atoms with E-state index >= 15 is 0 Å². The second-order valence-corrected chi connectivity index (χ2v) is 6.03. The van der Waals surface area contributed by atoms with Crippen molar-refractivity contribution in [3.05, 3.63) is 29.8 Å². The minimum absolute atomic E-state index is 0.297. The summed E-state index contributed by atoms with van der Waals surface area (Å²) in [5, 5.41) is 16.1. The van der Waals surface area contributed by atoms with Crippen molar-refractivity contribution in [2.24, 2.45) is 11.1 Å². The number of carboxylic acid groups (broad SMARTS) is 1. The summed E-state index contributed by atoms with van der Waals surface area (Å²) in [5.41, 5.74) is 1.54. The monoisotopic (exact) mass is 318 g/mol. The van der Waals surface area contributed by atoms with Crippen LogP contribution in [0.2, 0.25) is 0 Å². The largest absolute Gasteiger partial charge is 0.494 e. The van der Waals surface area contributed by atoms with Crippen LogP contribution in [0, 0.1) is 5.92 Å². The molecule has 0 amide bonds. The third kappa shape index (κ3) is 4.22. The molecule has 1 aromatic carbocycles. The first kappa shape index (κ1) is 15.8. The van der Waals surface area contributed by atoms with Crippen molar-refractivity contribution in [1.82, 2.24) is 5.32 Å². The van der Waals surface area contributed by atoms with Gasteiger partial charge in [-0.05, 0) is 68.1 Å². The third-order valence-electron chi connectivity index (χ3n) is 4.39. The molecule has 2 aliphatic rings. The molecular weight excluding hydrogens is 296 g/mol. The Hall–Kier alpha value is -2.08. The molecule has 0 radical (unpaired) electrons. The van der Waals surface area contributed by atoms with Crippen LogP contribution < -0.4 is 10.1 Å². The fraction of sp³-hybridized carbons (Fsp3) is 0.529. The lowest BCUT2D eigenvalue weighted by atomic mass is 9.95. The zero-order chi connectivity index (χ0) is 16.1. The molecule has 2 N–H and O–H groups in total. The van der Waals surface area contributed by atoms with Gasteiger partial charge >= 0.3 is 5.97 Å². The summed E-state index contributed by atoms with van der Waals surface area (Å²) in [4.78, 5) is 15.8. The van der Waals surface area contributed by atoms with Crippen molar-refractivity contribution >= 4 is 11.7 Å². The summed E-state index contributed by atoms with van der Waals surface area (Å²) < 4.78 is 5.80. The van der Waals surface area contributed by atoms with Crippen LogP contribution in [0.5, 0.6) is 5.75 Å². The SMILES string of the molecule is O=C(O)C1CC(c2ccc(OCCC3CCNCC3)cc2)=NO1. The highest BCUT2D eigenvalue weighted by Gasteiger charge is 2.28. The van der Waals surface area contributed by atoms with E-state index in [9.17, 15) is 4.79 Å². The number of carbonyl (C=O) groups is 1. The molecule has 1 saturated heterocycles. The number of rotatable bonds is 6. The molecule has 1 unspecified atom stereocenters. The Balaban J connectivity index is 1.46. The quantitative estimate of drug-likeness (QED) is 0.839. The average molecular weight is 318 g/mol. The summed E-state index contributed by atoms with van der Waals surface area (Å²) in [6.07, 6.45) is 2.97. The molecule has 0 aromatic heterocycles. The van der Waals surface area contributed by atoms with E-state index in [1.54, 1.807) is 0 Å². The van der Waals surface area contributed by atoms with E-state index in [0.29, 0.717) is 12.1 Å². The smallest absolute Gasteiger partial charge is 0.348 e. The molecule has 0 saturated carbocycles. The van der Waals surface area contributed by atoms with Crippen LogP contribution in [0.3, 0.4) is 0 Å². The molecule has 1 aromatic rings. The van der Waals surface area contributed by atoms with Gasteiger partial charge in [0.05, 0.1) is 12.3 Å². The van der Waals surface area contributed by atoms with E-state index in [-0.39, 0.29) is 0 Å². The number of piperidine rings is 1. The van der Waals surface area contributed by atoms with Gasteiger partial charge in [-0.1, -0.05) is 5.16 Å². The Bertz CT molecular complexity index is 564. The van der Waals surface area contributed by atoms with Crippen LogP contribution in [0.25, 0.3) is 0 Å². The molecule has 2 heterocycles. The molecule has 2 aliphatic heterocycles. The minimum Gasteiger partial charge on any atom is -0.494 e. The average Bonchev–Trinajstić information content (AvgIpc) is 3.07. The van der Waals surface area contributed by atoms with Crippen LogP contribution in [0.15, 0.2) is 29.4 Å². The second-order valence-electron chi connectivity index (χ2n) is 6.03. The van der Waals surface area contributed by atoms with E-state index in [1.165, 1.54) is 12.8 Å². The normalized spacial score (nSPS) is 21.6. The maximum absolute atomic E-state index is 10.9. The van der Waals surface area contributed by atoms with Gasteiger partial charge in [-0.25, -0.2) is 4.79 Å². The molecule has 0 bridgehead atoms. The van der Waals surface area contributed by atoms with Gasteiger partial charge in [0.15, 0.2) is 0 Å². The Morgan fingerprint density at radius 2 is 2.04 bits per heavy atom. The van der Waals surface area contributed by atoms with Crippen molar-refractivity contribution in [2.45, 2.75) is 31.8 Å². The summed E-state index contributed by atoms with van der Waals surface area (Å²) in [5.74, 6) is 0.604. The van der Waals surface area contributed by atoms with Crippen LogP contribution >= 0.6 is 0 Å². The van der Waals surface area contributed by atoms with E-state index in [0.717, 1.165) is 43.3 Å². The van der Waals surface area contributed by atoms with Gasteiger partial charge in [-0.15, -0.1) is 0 Å². The van der Waals surface area contributed by atoms with Crippen LogP contribution in [0.1, 0.15) is 31.2 Å². The van der Waals surface area contributed by atoms with E-state index in [2.05, 4.69) is 10.5 Å². The Labute approximate surface area is 135 Å². The minimum atomic E-state index is -0.985. The van der Waals surface area contributed by atoms with Crippen molar-refractivity contribution in [3.63, 3.8) is 0 Å². The number of ether oxygens (including phenoxy) is 1. The Kier molecular flexibility index (Phi) is 5.12. The van der Waals surface area contributed by atoms with Gasteiger partial charge in [0.25, 0.3) is 0 Å². The molecule has 0 aliphatic carbocycles. The van der Waals surface area contributed by atoms with Crippen molar-refractivity contribution < 1.29 is 19.5 Å². The molecular formula is C17H22N2O4. The summed E-state index contributed by atoms with van der Waals surface area (Å²) in [6, 6.07) is 7.58. The van der Waals surface area contributed by atoms with Crippen LogP contribution in [-0.4, -0.2) is 42.6 Å². The molecule has 6 nitrogen and oxygen atoms in total. The van der Waals surface area contributed by atoms with Gasteiger partial charge in [0, 0.05) is 6.42 Å². The molecule has 23 heavy (non-hydrogen) atoms. The topological polar surface area (TPSA) is 80.2 Å². The van der Waals surface area contributed by atoms with Crippen molar-refractivity contribution in [2.75, 3.05) is 19.7 Å². The number of oxime groups is 1. The van der Waals surface area contributed by atoms with Gasteiger partial charge < -0.3 is 20.0 Å². The fourth-order valence-corrected chi connectivity index (χ4v) is 2.94. The Morgan fingerprint density at radius 3 is 2.70 bits per heavy atom. The van der Waals surface area contributed by atoms with E-state index in [1.807, 2.05) is 24.3 Å². The first-order valence-corrected chi connectivity index (χ1v) is 8.12. The van der Waals surface area contributed by atoms with Gasteiger partial charge in [-0.3, -0.25) is 0 Å².